The van der Waals surface area contributed by atoms with Gasteiger partial charge in [0, 0.05) is 5.41 Å². The number of para-hydroxylation sites is 2. The fraction of sp³-hybridized carbons (Fsp3) is 0.500. The summed E-state index contributed by atoms with van der Waals surface area (Å²) in [6.07, 6.45) is 0. The van der Waals surface area contributed by atoms with Gasteiger partial charge in [-0.2, -0.15) is 0 Å². The lowest BCUT2D eigenvalue weighted by molar-refractivity contribution is -0.128. The number of rotatable bonds is 5. The molecule has 1 rings (SSSR count). The molecule has 0 spiro atoms. The maximum Gasteiger partial charge on any atom is 0.225 e. The summed E-state index contributed by atoms with van der Waals surface area (Å²) in [5.41, 5.74) is -0.371. The lowest BCUT2D eigenvalue weighted by Crippen LogP contribution is -2.37. The molecule has 0 aliphatic rings. The predicted molar refractivity (Wildman–Crippen MR) is 71.0 cm³/mol. The lowest BCUT2D eigenvalue weighted by atomic mass is 9.96. The highest BCUT2D eigenvalue weighted by atomic mass is 16.5. The molecule has 1 aromatic rings. The Morgan fingerprint density at radius 3 is 2.39 bits per heavy atom. The second-order valence-electron chi connectivity index (χ2n) is 5.01. The number of carbonyl (C=O) groups excluding carboxylic acids is 1. The van der Waals surface area contributed by atoms with Gasteiger partial charge in [-0.15, -0.1) is 0 Å². The van der Waals surface area contributed by atoms with E-state index in [4.69, 9.17) is 9.47 Å². The van der Waals surface area contributed by atoms with Crippen LogP contribution in [0.25, 0.3) is 0 Å². The van der Waals surface area contributed by atoms with Crippen molar-refractivity contribution in [1.29, 1.82) is 0 Å². The van der Waals surface area contributed by atoms with Crippen LogP contribution in [0, 0.1) is 5.41 Å². The molecule has 0 aliphatic heterocycles. The zero-order chi connectivity index (χ0) is 13.6. The van der Waals surface area contributed by atoms with Crippen molar-refractivity contribution >= 4 is 5.91 Å². The molecule has 1 aromatic carbocycles. The third-order valence-corrected chi connectivity index (χ3v) is 2.40. The summed E-state index contributed by atoms with van der Waals surface area (Å²) in [6, 6.07) is 7.44. The number of carbonyl (C=O) groups is 1. The maximum absolute atomic E-state index is 11.6. The van der Waals surface area contributed by atoms with Crippen molar-refractivity contribution in [3.8, 4) is 11.5 Å². The van der Waals surface area contributed by atoms with Gasteiger partial charge in [-0.3, -0.25) is 4.79 Å². The Kier molecular flexibility index (Phi) is 5.01. The van der Waals surface area contributed by atoms with Crippen molar-refractivity contribution in [3.05, 3.63) is 24.3 Å². The van der Waals surface area contributed by atoms with Crippen LogP contribution in [-0.2, 0) is 4.79 Å². The van der Waals surface area contributed by atoms with E-state index in [-0.39, 0.29) is 11.3 Å². The fourth-order valence-corrected chi connectivity index (χ4v) is 1.33. The van der Waals surface area contributed by atoms with Gasteiger partial charge in [0.25, 0.3) is 0 Å². The van der Waals surface area contributed by atoms with Gasteiger partial charge < -0.3 is 14.8 Å². The highest BCUT2D eigenvalue weighted by Crippen LogP contribution is 2.25. The molecular weight excluding hydrogens is 230 g/mol. The number of hydrogen-bond acceptors (Lipinski definition) is 3. The maximum atomic E-state index is 11.6. The van der Waals surface area contributed by atoms with Crippen molar-refractivity contribution in [1.82, 2.24) is 5.32 Å². The van der Waals surface area contributed by atoms with E-state index in [0.29, 0.717) is 24.7 Å². The smallest absolute Gasteiger partial charge is 0.225 e. The monoisotopic (exact) mass is 251 g/mol. The first kappa shape index (κ1) is 14.4. The van der Waals surface area contributed by atoms with E-state index in [9.17, 15) is 4.79 Å². The van der Waals surface area contributed by atoms with E-state index in [1.54, 1.807) is 7.11 Å². The Labute approximate surface area is 108 Å². The first-order valence-corrected chi connectivity index (χ1v) is 5.99. The van der Waals surface area contributed by atoms with E-state index in [2.05, 4.69) is 5.32 Å². The molecule has 0 fully saturated rings. The van der Waals surface area contributed by atoms with Gasteiger partial charge in [0.1, 0.15) is 6.61 Å². The van der Waals surface area contributed by atoms with E-state index >= 15 is 0 Å². The van der Waals surface area contributed by atoms with Crippen LogP contribution >= 0.6 is 0 Å². The van der Waals surface area contributed by atoms with Crippen molar-refractivity contribution in [2.75, 3.05) is 20.3 Å². The minimum absolute atomic E-state index is 0.0196. The SMILES string of the molecule is COc1ccccc1OCCNC(=O)C(C)(C)C. The molecule has 0 saturated carbocycles. The second kappa shape index (κ2) is 6.28. The van der Waals surface area contributed by atoms with Gasteiger partial charge in [0.05, 0.1) is 13.7 Å². The van der Waals surface area contributed by atoms with Gasteiger partial charge in [-0.25, -0.2) is 0 Å². The Balaban J connectivity index is 2.36. The van der Waals surface area contributed by atoms with Crippen molar-refractivity contribution in [3.63, 3.8) is 0 Å². The molecule has 0 unspecified atom stereocenters. The van der Waals surface area contributed by atoms with Gasteiger partial charge in [-0.1, -0.05) is 32.9 Å². The van der Waals surface area contributed by atoms with E-state index in [1.807, 2.05) is 45.0 Å². The van der Waals surface area contributed by atoms with Crippen LogP contribution in [0.3, 0.4) is 0 Å². The normalized spacial score (nSPS) is 10.9. The fourth-order valence-electron chi connectivity index (χ4n) is 1.33. The second-order valence-corrected chi connectivity index (χ2v) is 5.01. The van der Waals surface area contributed by atoms with Gasteiger partial charge in [-0.05, 0) is 12.1 Å². The Morgan fingerprint density at radius 2 is 1.83 bits per heavy atom. The third kappa shape index (κ3) is 4.28. The van der Waals surface area contributed by atoms with Crippen molar-refractivity contribution in [2.24, 2.45) is 5.41 Å². The number of methoxy groups -OCH3 is 1. The molecule has 1 amide bonds. The first-order chi connectivity index (χ1) is 8.45. The molecule has 100 valence electrons. The molecule has 4 nitrogen and oxygen atoms in total. The largest absolute Gasteiger partial charge is 0.493 e. The first-order valence-electron chi connectivity index (χ1n) is 5.99. The quantitative estimate of drug-likeness (QED) is 0.816. The molecule has 18 heavy (non-hydrogen) atoms. The zero-order valence-corrected chi connectivity index (χ0v) is 11.4. The van der Waals surface area contributed by atoms with Crippen LogP contribution in [0.1, 0.15) is 20.8 Å². The van der Waals surface area contributed by atoms with Crippen LogP contribution in [0.2, 0.25) is 0 Å². The summed E-state index contributed by atoms with van der Waals surface area (Å²) in [5.74, 6) is 1.40. The average molecular weight is 251 g/mol. The Morgan fingerprint density at radius 1 is 1.22 bits per heavy atom. The van der Waals surface area contributed by atoms with Crippen LogP contribution in [0.4, 0.5) is 0 Å². The standard InChI is InChI=1S/C14H21NO3/c1-14(2,3)13(16)15-9-10-18-12-8-6-5-7-11(12)17-4/h5-8H,9-10H2,1-4H3,(H,15,16). The number of benzene rings is 1. The van der Waals surface area contributed by atoms with Crippen molar-refractivity contribution < 1.29 is 14.3 Å². The van der Waals surface area contributed by atoms with Crippen LogP contribution in [0.15, 0.2) is 24.3 Å². The molecular formula is C14H21NO3. The molecule has 0 bridgehead atoms. The molecule has 4 heteroatoms. The molecule has 0 aromatic heterocycles. The lowest BCUT2D eigenvalue weighted by Gasteiger charge is -2.18. The number of nitrogens with one attached hydrogen (secondary N) is 1. The van der Waals surface area contributed by atoms with Gasteiger partial charge >= 0.3 is 0 Å². The van der Waals surface area contributed by atoms with E-state index < -0.39 is 0 Å². The third-order valence-electron chi connectivity index (χ3n) is 2.40. The Bertz CT molecular complexity index is 396. The molecule has 0 atom stereocenters. The zero-order valence-electron chi connectivity index (χ0n) is 11.4. The summed E-state index contributed by atoms with van der Waals surface area (Å²) in [5, 5.41) is 2.83. The molecule has 0 heterocycles. The van der Waals surface area contributed by atoms with Crippen LogP contribution in [0.5, 0.6) is 11.5 Å². The topological polar surface area (TPSA) is 47.6 Å². The summed E-state index contributed by atoms with van der Waals surface area (Å²) in [4.78, 5) is 11.6. The van der Waals surface area contributed by atoms with E-state index in [1.165, 1.54) is 0 Å². The van der Waals surface area contributed by atoms with E-state index in [0.717, 1.165) is 0 Å². The average Bonchev–Trinajstić information content (AvgIpc) is 2.33. The molecule has 0 saturated heterocycles. The minimum Gasteiger partial charge on any atom is -0.493 e. The van der Waals surface area contributed by atoms with Gasteiger partial charge in [0.2, 0.25) is 5.91 Å². The molecule has 0 aliphatic carbocycles. The van der Waals surface area contributed by atoms with Gasteiger partial charge in [0.15, 0.2) is 11.5 Å². The highest BCUT2D eigenvalue weighted by molar-refractivity contribution is 5.81. The highest BCUT2D eigenvalue weighted by Gasteiger charge is 2.20. The predicted octanol–water partition coefficient (Wildman–Crippen LogP) is 2.24. The summed E-state index contributed by atoms with van der Waals surface area (Å²) >= 11 is 0. The number of hydrogen-bond donors (Lipinski definition) is 1. The number of amides is 1. The Hall–Kier alpha value is -1.71. The molecule has 0 radical (unpaired) electrons. The van der Waals surface area contributed by atoms with Crippen molar-refractivity contribution in [2.45, 2.75) is 20.8 Å². The number of ether oxygens (including phenoxy) is 2. The summed E-state index contributed by atoms with van der Waals surface area (Å²) in [6.45, 7) is 6.53. The summed E-state index contributed by atoms with van der Waals surface area (Å²) < 4.78 is 10.7. The summed E-state index contributed by atoms with van der Waals surface area (Å²) in [7, 11) is 1.60. The molecule has 1 N–H and O–H groups in total. The van der Waals surface area contributed by atoms with Crippen LogP contribution < -0.4 is 14.8 Å². The van der Waals surface area contributed by atoms with Crippen LogP contribution in [-0.4, -0.2) is 26.2 Å². The minimum atomic E-state index is -0.371.